The van der Waals surface area contributed by atoms with E-state index in [1.165, 1.54) is 7.11 Å². The molecule has 0 saturated heterocycles. The van der Waals surface area contributed by atoms with E-state index in [2.05, 4.69) is 5.32 Å². The van der Waals surface area contributed by atoms with Crippen molar-refractivity contribution in [3.8, 4) is 5.75 Å². The predicted molar refractivity (Wildman–Crippen MR) is 128 cm³/mol. The Bertz CT molecular complexity index is 1240. The molecule has 32 heavy (non-hydrogen) atoms. The van der Waals surface area contributed by atoms with Crippen LogP contribution in [0.2, 0.25) is 5.02 Å². The van der Waals surface area contributed by atoms with Crippen LogP contribution in [0.5, 0.6) is 5.75 Å². The Kier molecular flexibility index (Phi) is 7.11. The molecule has 8 heteroatoms. The Morgan fingerprint density at radius 3 is 2.28 bits per heavy atom. The van der Waals surface area contributed by atoms with Crippen LogP contribution in [0.25, 0.3) is 0 Å². The number of hydrogen-bond donors (Lipinski definition) is 1. The molecular formula is C24H25ClN2O4S. The van der Waals surface area contributed by atoms with Crippen molar-refractivity contribution in [2.24, 2.45) is 0 Å². The number of carbonyl (C=O) groups excluding carboxylic acids is 1. The third kappa shape index (κ3) is 5.23. The average molecular weight is 473 g/mol. The van der Waals surface area contributed by atoms with Gasteiger partial charge in [0, 0.05) is 10.7 Å². The first-order valence-corrected chi connectivity index (χ1v) is 11.7. The van der Waals surface area contributed by atoms with Gasteiger partial charge in [-0.1, -0.05) is 23.7 Å². The van der Waals surface area contributed by atoms with Gasteiger partial charge in [0.05, 0.1) is 12.8 Å². The van der Waals surface area contributed by atoms with Crippen LogP contribution in [0.3, 0.4) is 0 Å². The number of anilines is 2. The van der Waals surface area contributed by atoms with E-state index in [4.69, 9.17) is 16.3 Å². The van der Waals surface area contributed by atoms with Crippen molar-refractivity contribution >= 4 is 38.9 Å². The van der Waals surface area contributed by atoms with Crippen LogP contribution in [0, 0.1) is 20.8 Å². The fourth-order valence-electron chi connectivity index (χ4n) is 3.16. The first-order valence-electron chi connectivity index (χ1n) is 9.92. The summed E-state index contributed by atoms with van der Waals surface area (Å²) in [6.45, 7) is 5.22. The molecule has 0 saturated carbocycles. The van der Waals surface area contributed by atoms with Crippen LogP contribution in [0.1, 0.15) is 16.7 Å². The Labute approximate surface area is 193 Å². The zero-order valence-electron chi connectivity index (χ0n) is 18.3. The summed E-state index contributed by atoms with van der Waals surface area (Å²) >= 11 is 5.90. The maximum absolute atomic E-state index is 13.7. The van der Waals surface area contributed by atoms with E-state index < -0.39 is 22.5 Å². The van der Waals surface area contributed by atoms with Crippen molar-refractivity contribution in [2.45, 2.75) is 25.7 Å². The number of methoxy groups -OCH3 is 1. The molecule has 3 aromatic carbocycles. The summed E-state index contributed by atoms with van der Waals surface area (Å²) in [6.07, 6.45) is 0. The number of nitrogens with one attached hydrogen (secondary N) is 1. The monoisotopic (exact) mass is 472 g/mol. The number of benzene rings is 3. The van der Waals surface area contributed by atoms with Gasteiger partial charge in [0.2, 0.25) is 5.91 Å². The van der Waals surface area contributed by atoms with Crippen molar-refractivity contribution in [3.63, 3.8) is 0 Å². The quantitative estimate of drug-likeness (QED) is 0.518. The van der Waals surface area contributed by atoms with Gasteiger partial charge in [-0.2, -0.15) is 0 Å². The zero-order chi connectivity index (χ0) is 23.5. The van der Waals surface area contributed by atoms with Crippen molar-refractivity contribution in [1.82, 2.24) is 0 Å². The van der Waals surface area contributed by atoms with E-state index in [9.17, 15) is 13.2 Å². The lowest BCUT2D eigenvalue weighted by atomic mass is 10.1. The normalized spacial score (nSPS) is 11.2. The predicted octanol–water partition coefficient (Wildman–Crippen LogP) is 5.11. The summed E-state index contributed by atoms with van der Waals surface area (Å²) in [6, 6.07) is 16.8. The second kappa shape index (κ2) is 9.63. The molecule has 0 aliphatic carbocycles. The standard InChI is InChI=1S/C24H25ClN2O4S/c1-16-5-12-22(31-4)23(13-16)32(29,30)27(21-11-6-17(2)18(3)14-21)15-24(28)26-20-9-7-19(25)8-10-20/h5-14H,15H2,1-4H3,(H,26,28). The van der Waals surface area contributed by atoms with Gasteiger partial charge in [-0.05, 0) is 86.0 Å². The van der Waals surface area contributed by atoms with Crippen molar-refractivity contribution in [1.29, 1.82) is 0 Å². The summed E-state index contributed by atoms with van der Waals surface area (Å²) < 4.78 is 33.9. The smallest absolute Gasteiger partial charge is 0.268 e. The topological polar surface area (TPSA) is 75.7 Å². The number of ether oxygens (including phenoxy) is 1. The highest BCUT2D eigenvalue weighted by Crippen LogP contribution is 2.31. The molecule has 0 spiro atoms. The summed E-state index contributed by atoms with van der Waals surface area (Å²) in [5, 5.41) is 3.26. The Balaban J connectivity index is 2.04. The van der Waals surface area contributed by atoms with Gasteiger partial charge < -0.3 is 10.1 Å². The lowest BCUT2D eigenvalue weighted by Gasteiger charge is -2.25. The molecule has 0 heterocycles. The van der Waals surface area contributed by atoms with Gasteiger partial charge in [0.1, 0.15) is 17.2 Å². The van der Waals surface area contributed by atoms with Crippen LogP contribution >= 0.6 is 11.6 Å². The fourth-order valence-corrected chi connectivity index (χ4v) is 4.95. The van der Waals surface area contributed by atoms with Crippen LogP contribution in [0.15, 0.2) is 65.6 Å². The molecule has 6 nitrogen and oxygen atoms in total. The molecule has 0 unspecified atom stereocenters. The molecule has 0 atom stereocenters. The van der Waals surface area contributed by atoms with Crippen LogP contribution in [0.4, 0.5) is 11.4 Å². The molecule has 0 bridgehead atoms. The summed E-state index contributed by atoms with van der Waals surface area (Å²) in [5.74, 6) is -0.275. The van der Waals surface area contributed by atoms with E-state index in [0.717, 1.165) is 21.0 Å². The lowest BCUT2D eigenvalue weighted by Crippen LogP contribution is -2.38. The second-order valence-corrected chi connectivity index (χ2v) is 9.76. The largest absolute Gasteiger partial charge is 0.495 e. The number of aryl methyl sites for hydroxylation is 3. The molecule has 0 aromatic heterocycles. The third-order valence-corrected chi connectivity index (χ3v) is 7.13. The van der Waals surface area contributed by atoms with E-state index in [-0.39, 0.29) is 10.6 Å². The van der Waals surface area contributed by atoms with Crippen molar-refractivity contribution in [2.75, 3.05) is 23.3 Å². The highest BCUT2D eigenvalue weighted by atomic mass is 35.5. The molecule has 3 aromatic rings. The molecule has 0 radical (unpaired) electrons. The van der Waals surface area contributed by atoms with Crippen molar-refractivity contribution in [3.05, 3.63) is 82.4 Å². The lowest BCUT2D eigenvalue weighted by molar-refractivity contribution is -0.114. The first-order chi connectivity index (χ1) is 15.1. The molecular weight excluding hydrogens is 448 g/mol. The number of halogens is 1. The number of nitrogens with zero attached hydrogens (tertiary/aromatic N) is 1. The maximum atomic E-state index is 13.7. The Morgan fingerprint density at radius 1 is 0.969 bits per heavy atom. The Morgan fingerprint density at radius 2 is 1.66 bits per heavy atom. The average Bonchev–Trinajstić information content (AvgIpc) is 2.75. The van der Waals surface area contributed by atoms with Gasteiger partial charge in [-0.25, -0.2) is 8.42 Å². The first kappa shape index (κ1) is 23.6. The fraction of sp³-hybridized carbons (Fsp3) is 0.208. The summed E-state index contributed by atoms with van der Waals surface area (Å²) in [7, 11) is -2.70. The minimum atomic E-state index is -4.12. The van der Waals surface area contributed by atoms with Gasteiger partial charge in [0.15, 0.2) is 0 Å². The van der Waals surface area contributed by atoms with E-state index in [0.29, 0.717) is 16.4 Å². The molecule has 0 aliphatic rings. The highest BCUT2D eigenvalue weighted by Gasteiger charge is 2.30. The molecule has 1 amide bonds. The molecule has 3 rings (SSSR count). The van der Waals surface area contributed by atoms with Crippen LogP contribution < -0.4 is 14.4 Å². The van der Waals surface area contributed by atoms with E-state index in [1.807, 2.05) is 19.9 Å². The minimum Gasteiger partial charge on any atom is -0.495 e. The summed E-state index contributed by atoms with van der Waals surface area (Å²) in [4.78, 5) is 12.8. The molecule has 168 valence electrons. The van der Waals surface area contributed by atoms with Gasteiger partial charge in [-0.3, -0.25) is 9.10 Å². The third-order valence-electron chi connectivity index (χ3n) is 5.08. The van der Waals surface area contributed by atoms with E-state index in [1.54, 1.807) is 61.5 Å². The maximum Gasteiger partial charge on any atom is 0.268 e. The zero-order valence-corrected chi connectivity index (χ0v) is 19.9. The second-order valence-electron chi connectivity index (χ2n) is 7.49. The SMILES string of the molecule is COc1ccc(C)cc1S(=O)(=O)N(CC(=O)Nc1ccc(Cl)cc1)c1ccc(C)c(C)c1. The number of hydrogen-bond acceptors (Lipinski definition) is 4. The number of rotatable bonds is 7. The minimum absolute atomic E-state index is 0.00230. The van der Waals surface area contributed by atoms with Gasteiger partial charge in [0.25, 0.3) is 10.0 Å². The highest BCUT2D eigenvalue weighted by molar-refractivity contribution is 7.93. The Hall–Kier alpha value is -3.03. The molecule has 0 aliphatic heterocycles. The van der Waals surface area contributed by atoms with Crippen LogP contribution in [-0.4, -0.2) is 28.0 Å². The number of sulfonamides is 1. The number of carbonyl (C=O) groups is 1. The number of amides is 1. The van der Waals surface area contributed by atoms with Crippen molar-refractivity contribution < 1.29 is 17.9 Å². The molecule has 1 N–H and O–H groups in total. The van der Waals surface area contributed by atoms with Crippen LogP contribution in [-0.2, 0) is 14.8 Å². The molecule has 0 fully saturated rings. The van der Waals surface area contributed by atoms with Gasteiger partial charge >= 0.3 is 0 Å². The summed E-state index contributed by atoms with van der Waals surface area (Å²) in [5.41, 5.74) is 3.60. The van der Waals surface area contributed by atoms with Gasteiger partial charge in [-0.15, -0.1) is 0 Å². The van der Waals surface area contributed by atoms with E-state index >= 15 is 0 Å².